The quantitative estimate of drug-likeness (QED) is 0.0466. The topological polar surface area (TPSA) is 179 Å². The minimum Gasteiger partial charge on any atom is -0.469 e. The van der Waals surface area contributed by atoms with E-state index in [1.165, 1.54) is 143 Å². The summed E-state index contributed by atoms with van der Waals surface area (Å²) in [7, 11) is 2.93. The molecule has 636 valence electrons. The Balaban J connectivity index is 0.000000482. The molecular formula is C94H176O14. The average molecular weight is 1530 g/mol. The van der Waals surface area contributed by atoms with E-state index in [1.807, 2.05) is 27.7 Å². The second-order valence-electron chi connectivity index (χ2n) is 36.1. The maximum absolute atomic E-state index is 12.8. The standard InChI is InChI=1S/C26H44O5.C22H36O4.C20H34O3.C18H30O2.8CH4/c1-5-17-12-18(6-2)26-21-14-19(25(17)26)13-20(21)22(31-24-10-8-9-11-29-24)15-23(27)30-16(4)28-7-3;1-6-14-8-15(7-2)22-18-10-16(21(14)22)9-17(18)19(26-13(5)23)11-20(24)25-12(3)4;1-5-12-7-13(6-2)19-16-9-14(18(12)19)8-15(16)10-20(3,22)11-17(21)23-4;1-5-11-7-12(6-2)17-15-9-13(16(11)17)8-14(15)10(3)18(19)20-4;;;;;;;;/h16-22,24-26H,5-15H2,1-4H3;12,14-19,21-22H,6-11H2,1-5H3;12-16,18-19,22H,5-11H2,1-4H3;10-17H,5-9H2,1-4H3;8*1H4. The number of fused-ring (bicyclic) bond motifs is 20. The highest BCUT2D eigenvalue weighted by atomic mass is 16.7. The van der Waals surface area contributed by atoms with E-state index in [0.717, 1.165) is 169 Å². The third-order valence-electron chi connectivity index (χ3n) is 31.0. The van der Waals surface area contributed by atoms with E-state index in [-0.39, 0.29) is 133 Å². The molecule has 0 spiro atoms. The molecule has 12 saturated carbocycles. The number of methoxy groups -OCH3 is 2. The molecule has 13 aliphatic rings. The molecule has 0 aromatic carbocycles. The Morgan fingerprint density at radius 3 is 1.20 bits per heavy atom. The van der Waals surface area contributed by atoms with E-state index >= 15 is 0 Å². The smallest absolute Gasteiger partial charge is 0.310 e. The molecule has 13 rings (SSSR count). The normalized spacial score (nSPS) is 39.4. The SMILES string of the molecule is C.C.C.C.C.C.C.C.CCC1CC(CC)C2C3CC(CC3C(C)C(=O)OC)C12.CCC1CC(CC)C2C3CC(CC3C(CC(=O)OC(C)C)OC(C)=O)C12.CCC1CC(CC)C2C3CC(CC3CC(C)(O)CC(=O)OC)C12.CCOC(C)OC(=O)CC(OC1CCCCO1)C1CC2CC1C1C(CC)CC(CC)C21. The van der Waals surface area contributed by atoms with Gasteiger partial charge < -0.3 is 43.0 Å². The number of aliphatic hydroxyl groups is 1. The zero-order valence-electron chi connectivity index (χ0n) is 65.9. The Morgan fingerprint density at radius 1 is 0.435 bits per heavy atom. The molecule has 1 aliphatic heterocycles. The van der Waals surface area contributed by atoms with Crippen LogP contribution in [0.15, 0.2) is 0 Å². The molecule has 108 heavy (non-hydrogen) atoms. The van der Waals surface area contributed by atoms with Gasteiger partial charge in [-0.1, -0.05) is 173 Å². The first-order chi connectivity index (χ1) is 47.9. The Bertz CT molecular complexity index is 2640. The van der Waals surface area contributed by atoms with Crippen LogP contribution in [0.2, 0.25) is 0 Å². The van der Waals surface area contributed by atoms with Crippen LogP contribution in [0, 0.1) is 172 Å². The summed E-state index contributed by atoms with van der Waals surface area (Å²) in [6, 6.07) is 0. The lowest BCUT2D eigenvalue weighted by molar-refractivity contribution is -0.212. The van der Waals surface area contributed by atoms with Crippen molar-refractivity contribution in [1.29, 1.82) is 0 Å². The van der Waals surface area contributed by atoms with E-state index in [1.54, 1.807) is 6.92 Å². The number of ether oxygens (including phenoxy) is 8. The average Bonchev–Trinajstić information content (AvgIpc) is 1.59. The van der Waals surface area contributed by atoms with Crippen molar-refractivity contribution in [2.45, 2.75) is 373 Å². The predicted octanol–water partition coefficient (Wildman–Crippen LogP) is 23.4. The van der Waals surface area contributed by atoms with Gasteiger partial charge in [-0.05, 0) is 303 Å². The van der Waals surface area contributed by atoms with Crippen LogP contribution in [0.5, 0.6) is 0 Å². The van der Waals surface area contributed by atoms with Crippen molar-refractivity contribution in [3.63, 3.8) is 0 Å². The van der Waals surface area contributed by atoms with Crippen molar-refractivity contribution in [3.05, 3.63) is 0 Å². The second-order valence-corrected chi connectivity index (χ2v) is 36.1. The summed E-state index contributed by atoms with van der Waals surface area (Å²) in [4.78, 5) is 60.2. The van der Waals surface area contributed by atoms with E-state index < -0.39 is 11.9 Å². The predicted molar refractivity (Wildman–Crippen MR) is 444 cm³/mol. The minimum atomic E-state index is -0.914. The maximum atomic E-state index is 12.8. The van der Waals surface area contributed by atoms with Crippen LogP contribution in [0.25, 0.3) is 0 Å². The molecule has 12 aliphatic carbocycles. The zero-order valence-corrected chi connectivity index (χ0v) is 65.9. The first-order valence-electron chi connectivity index (χ1n) is 42.2. The van der Waals surface area contributed by atoms with Gasteiger partial charge in [0.25, 0.3) is 0 Å². The molecule has 8 bridgehead atoms. The number of carbonyl (C=O) groups excluding carboxylic acids is 5. The maximum Gasteiger partial charge on any atom is 0.310 e. The lowest BCUT2D eigenvalue weighted by Crippen LogP contribution is -2.41. The molecular weight excluding hydrogens is 1350 g/mol. The summed E-state index contributed by atoms with van der Waals surface area (Å²) in [6.07, 6.45) is 29.8. The van der Waals surface area contributed by atoms with Gasteiger partial charge in [-0.2, -0.15) is 0 Å². The van der Waals surface area contributed by atoms with Gasteiger partial charge >= 0.3 is 29.8 Å². The van der Waals surface area contributed by atoms with Gasteiger partial charge in [-0.3, -0.25) is 24.0 Å². The van der Waals surface area contributed by atoms with Gasteiger partial charge in [0.2, 0.25) is 0 Å². The van der Waals surface area contributed by atoms with Crippen molar-refractivity contribution in [2.24, 2.45) is 172 Å². The molecule has 0 aromatic rings. The number of carbonyl (C=O) groups is 5. The fraction of sp³-hybridized carbons (Fsp3) is 0.947. The highest BCUT2D eigenvalue weighted by Crippen LogP contribution is 2.71. The zero-order chi connectivity index (χ0) is 72.2. The van der Waals surface area contributed by atoms with Crippen molar-refractivity contribution < 1.29 is 67.0 Å². The van der Waals surface area contributed by atoms with E-state index in [4.69, 9.17) is 37.9 Å². The van der Waals surface area contributed by atoms with Crippen LogP contribution in [-0.2, 0) is 61.9 Å². The second kappa shape index (κ2) is 44.9. The lowest BCUT2D eigenvalue weighted by Gasteiger charge is -2.40. The molecule has 14 nitrogen and oxygen atoms in total. The Kier molecular flexibility index (Phi) is 42.1. The van der Waals surface area contributed by atoms with E-state index in [2.05, 4.69) is 62.3 Å². The number of hydrogen-bond acceptors (Lipinski definition) is 14. The minimum absolute atomic E-state index is 0. The van der Waals surface area contributed by atoms with E-state index in [0.29, 0.717) is 48.5 Å². The molecule has 34 unspecified atom stereocenters. The number of rotatable bonds is 27. The van der Waals surface area contributed by atoms with Gasteiger partial charge in [0, 0.05) is 20.1 Å². The molecule has 0 aromatic heterocycles. The lowest BCUT2D eigenvalue weighted by atomic mass is 9.67. The molecule has 1 N–H and O–H groups in total. The summed E-state index contributed by atoms with van der Waals surface area (Å²) < 4.78 is 44.2. The van der Waals surface area contributed by atoms with Crippen LogP contribution in [0.4, 0.5) is 0 Å². The Hall–Kier alpha value is -2.81. The van der Waals surface area contributed by atoms with Crippen molar-refractivity contribution in [3.8, 4) is 0 Å². The van der Waals surface area contributed by atoms with E-state index in [9.17, 15) is 29.1 Å². The van der Waals surface area contributed by atoms with Crippen molar-refractivity contribution in [1.82, 2.24) is 0 Å². The summed E-state index contributed by atoms with van der Waals surface area (Å²) >= 11 is 0. The highest BCUT2D eigenvalue weighted by molar-refractivity contribution is 5.73. The Morgan fingerprint density at radius 2 is 0.815 bits per heavy atom. The van der Waals surface area contributed by atoms with Crippen LogP contribution >= 0.6 is 0 Å². The monoisotopic (exact) mass is 1530 g/mol. The molecule has 13 fully saturated rings. The fourth-order valence-electron chi connectivity index (χ4n) is 27.9. The molecule has 1 saturated heterocycles. The number of hydrogen-bond donors (Lipinski definition) is 1. The highest BCUT2D eigenvalue weighted by Gasteiger charge is 2.65. The fourth-order valence-corrected chi connectivity index (χ4v) is 27.9. The van der Waals surface area contributed by atoms with Crippen molar-refractivity contribution >= 4 is 29.8 Å². The van der Waals surface area contributed by atoms with Gasteiger partial charge in [-0.15, -0.1) is 0 Å². The largest absolute Gasteiger partial charge is 0.469 e. The molecule has 34 atom stereocenters. The van der Waals surface area contributed by atoms with Crippen LogP contribution in [-0.4, -0.2) is 98.9 Å². The molecule has 14 heteroatoms. The first-order valence-corrected chi connectivity index (χ1v) is 42.2. The molecule has 1 heterocycles. The van der Waals surface area contributed by atoms with Crippen molar-refractivity contribution in [2.75, 3.05) is 27.4 Å². The number of esters is 5. The van der Waals surface area contributed by atoms with Crippen LogP contribution < -0.4 is 0 Å². The van der Waals surface area contributed by atoms with Gasteiger partial charge in [0.15, 0.2) is 12.6 Å². The Labute approximate surface area is 665 Å². The van der Waals surface area contributed by atoms with Gasteiger partial charge in [0.1, 0.15) is 6.10 Å². The van der Waals surface area contributed by atoms with Gasteiger partial charge in [-0.25, -0.2) is 0 Å². The van der Waals surface area contributed by atoms with Gasteiger partial charge in [0.05, 0.1) is 57.2 Å². The van der Waals surface area contributed by atoms with Crippen LogP contribution in [0.1, 0.15) is 337 Å². The summed E-state index contributed by atoms with van der Waals surface area (Å²) in [6.45, 7) is 33.0. The first kappa shape index (κ1) is 101. The third kappa shape index (κ3) is 21.8. The third-order valence-corrected chi connectivity index (χ3v) is 31.0. The molecule has 0 radical (unpaired) electrons. The molecule has 0 amide bonds. The summed E-state index contributed by atoms with van der Waals surface area (Å²) in [5, 5.41) is 10.7. The van der Waals surface area contributed by atoms with Crippen LogP contribution in [0.3, 0.4) is 0 Å². The summed E-state index contributed by atoms with van der Waals surface area (Å²) in [5.74, 6) is 21.6. The summed E-state index contributed by atoms with van der Waals surface area (Å²) in [5.41, 5.74) is -0.914.